The van der Waals surface area contributed by atoms with Gasteiger partial charge in [0.25, 0.3) is 0 Å². The number of ether oxygens (including phenoxy) is 1. The van der Waals surface area contributed by atoms with Crippen molar-refractivity contribution in [1.82, 2.24) is 0 Å². The van der Waals surface area contributed by atoms with Crippen molar-refractivity contribution in [3.8, 4) is 5.75 Å². The first kappa shape index (κ1) is 18.1. The summed E-state index contributed by atoms with van der Waals surface area (Å²) in [6, 6.07) is 27.6. The Morgan fingerprint density at radius 1 is 0.769 bits per heavy atom. The zero-order valence-electron chi connectivity index (χ0n) is 15.9. The number of rotatable bonds is 7. The lowest BCUT2D eigenvalue weighted by Gasteiger charge is -2.28. The fourth-order valence-corrected chi connectivity index (χ4v) is 3.06. The van der Waals surface area contributed by atoms with Gasteiger partial charge in [-0.05, 0) is 49.6 Å². The van der Waals surface area contributed by atoms with E-state index in [1.54, 1.807) is 0 Å². The minimum atomic E-state index is 0.145. The monoisotopic (exact) mass is 345 g/mol. The van der Waals surface area contributed by atoms with E-state index in [1.807, 2.05) is 0 Å². The van der Waals surface area contributed by atoms with E-state index in [0.717, 1.165) is 24.5 Å². The number of hydrogen-bond acceptors (Lipinski definition) is 2. The van der Waals surface area contributed by atoms with Gasteiger partial charge in [-0.25, -0.2) is 0 Å². The predicted molar refractivity (Wildman–Crippen MR) is 110 cm³/mol. The number of benzene rings is 3. The molecule has 2 nitrogen and oxygen atoms in total. The van der Waals surface area contributed by atoms with E-state index < -0.39 is 0 Å². The van der Waals surface area contributed by atoms with Gasteiger partial charge in [0.1, 0.15) is 5.75 Å². The van der Waals surface area contributed by atoms with Crippen LogP contribution in [-0.2, 0) is 13.1 Å². The summed E-state index contributed by atoms with van der Waals surface area (Å²) in [5.41, 5.74) is 4.97. The van der Waals surface area contributed by atoms with E-state index in [0.29, 0.717) is 0 Å². The largest absolute Gasteiger partial charge is 0.489 e. The molecule has 3 aromatic carbocycles. The Morgan fingerprint density at radius 2 is 1.31 bits per heavy atom. The summed E-state index contributed by atoms with van der Waals surface area (Å²) >= 11 is 0. The van der Waals surface area contributed by atoms with Crippen LogP contribution in [0.1, 0.15) is 30.5 Å². The highest BCUT2D eigenvalue weighted by Gasteiger charge is 2.15. The molecule has 0 aromatic heterocycles. The second-order valence-electron chi connectivity index (χ2n) is 6.97. The molecule has 0 atom stereocenters. The molecule has 0 aliphatic carbocycles. The van der Waals surface area contributed by atoms with Crippen molar-refractivity contribution in [3.63, 3.8) is 0 Å². The van der Waals surface area contributed by atoms with Crippen molar-refractivity contribution in [2.75, 3.05) is 4.90 Å². The fraction of sp³-hybridized carbons (Fsp3) is 0.250. The normalized spacial score (nSPS) is 10.8. The maximum Gasteiger partial charge on any atom is 0.143 e. The van der Waals surface area contributed by atoms with Crippen molar-refractivity contribution in [3.05, 3.63) is 95.6 Å². The van der Waals surface area contributed by atoms with E-state index in [9.17, 15) is 0 Å². The van der Waals surface area contributed by atoms with E-state index in [4.69, 9.17) is 4.74 Å². The molecule has 3 rings (SSSR count). The molecule has 0 bridgehead atoms. The second kappa shape index (κ2) is 8.57. The average Bonchev–Trinajstić information content (AvgIpc) is 2.64. The predicted octanol–water partition coefficient (Wildman–Crippen LogP) is 5.99. The molecule has 3 aromatic rings. The van der Waals surface area contributed by atoms with Crippen molar-refractivity contribution in [2.24, 2.45) is 0 Å². The van der Waals surface area contributed by atoms with Crippen molar-refractivity contribution in [2.45, 2.75) is 40.0 Å². The first-order chi connectivity index (χ1) is 12.6. The summed E-state index contributed by atoms with van der Waals surface area (Å²) in [5.74, 6) is 0.942. The highest BCUT2D eigenvalue weighted by molar-refractivity contribution is 5.60. The Labute approximate surface area is 157 Å². The average molecular weight is 345 g/mol. The number of anilines is 1. The van der Waals surface area contributed by atoms with Gasteiger partial charge in [0.05, 0.1) is 11.8 Å². The third-order valence-electron chi connectivity index (χ3n) is 4.25. The summed E-state index contributed by atoms with van der Waals surface area (Å²) in [6.07, 6.45) is 0.145. The van der Waals surface area contributed by atoms with E-state index >= 15 is 0 Å². The third-order valence-corrected chi connectivity index (χ3v) is 4.25. The maximum atomic E-state index is 6.12. The third kappa shape index (κ3) is 4.89. The van der Waals surface area contributed by atoms with Gasteiger partial charge >= 0.3 is 0 Å². The topological polar surface area (TPSA) is 12.5 Å². The van der Waals surface area contributed by atoms with Gasteiger partial charge in [-0.15, -0.1) is 0 Å². The summed E-state index contributed by atoms with van der Waals surface area (Å²) < 4.78 is 6.12. The molecule has 26 heavy (non-hydrogen) atoms. The molecule has 0 spiro atoms. The molecule has 0 aliphatic rings. The zero-order valence-corrected chi connectivity index (χ0v) is 15.9. The molecular formula is C24H27NO. The molecule has 0 N–H and O–H groups in total. The van der Waals surface area contributed by atoms with Crippen LogP contribution < -0.4 is 9.64 Å². The second-order valence-corrected chi connectivity index (χ2v) is 6.97. The molecule has 0 unspecified atom stereocenters. The lowest BCUT2D eigenvalue weighted by Crippen LogP contribution is -2.23. The van der Waals surface area contributed by atoms with Crippen LogP contribution in [0.3, 0.4) is 0 Å². The number of nitrogens with zero attached hydrogens (tertiary/aromatic N) is 1. The fourth-order valence-electron chi connectivity index (χ4n) is 3.06. The van der Waals surface area contributed by atoms with Crippen LogP contribution in [0, 0.1) is 6.92 Å². The first-order valence-corrected chi connectivity index (χ1v) is 9.22. The lowest BCUT2D eigenvalue weighted by molar-refractivity contribution is 0.242. The van der Waals surface area contributed by atoms with Gasteiger partial charge in [-0.2, -0.15) is 0 Å². The van der Waals surface area contributed by atoms with Crippen LogP contribution in [0.5, 0.6) is 5.75 Å². The Kier molecular flexibility index (Phi) is 5.96. The molecule has 0 radical (unpaired) electrons. The highest BCUT2D eigenvalue weighted by Crippen LogP contribution is 2.32. The molecule has 0 aliphatic heterocycles. The minimum absolute atomic E-state index is 0.145. The van der Waals surface area contributed by atoms with Crippen molar-refractivity contribution < 1.29 is 4.74 Å². The van der Waals surface area contributed by atoms with E-state index in [-0.39, 0.29) is 6.10 Å². The summed E-state index contributed by atoms with van der Waals surface area (Å²) in [7, 11) is 0. The summed E-state index contributed by atoms with van der Waals surface area (Å²) in [4.78, 5) is 2.40. The van der Waals surface area contributed by atoms with Crippen LogP contribution in [-0.4, -0.2) is 6.10 Å². The lowest BCUT2D eigenvalue weighted by atomic mass is 10.1. The molecule has 2 heteroatoms. The molecular weight excluding hydrogens is 318 g/mol. The molecule has 0 heterocycles. The minimum Gasteiger partial charge on any atom is -0.489 e. The van der Waals surface area contributed by atoms with Crippen LogP contribution in [0.25, 0.3) is 0 Å². The zero-order chi connectivity index (χ0) is 18.4. The quantitative estimate of drug-likeness (QED) is 0.521. The smallest absolute Gasteiger partial charge is 0.143 e. The van der Waals surface area contributed by atoms with Crippen molar-refractivity contribution >= 4 is 5.69 Å². The van der Waals surface area contributed by atoms with Crippen LogP contribution in [0.4, 0.5) is 5.69 Å². The van der Waals surface area contributed by atoms with Crippen LogP contribution >= 0.6 is 0 Å². The number of aryl methyl sites for hydroxylation is 1. The molecule has 0 amide bonds. The Bertz CT molecular complexity index is 771. The van der Waals surface area contributed by atoms with Gasteiger partial charge in [0.15, 0.2) is 0 Å². The van der Waals surface area contributed by atoms with Crippen molar-refractivity contribution in [1.29, 1.82) is 0 Å². The van der Waals surface area contributed by atoms with Crippen LogP contribution in [0.15, 0.2) is 78.9 Å². The van der Waals surface area contributed by atoms with E-state index in [1.165, 1.54) is 16.7 Å². The SMILES string of the molecule is Cc1ccc(OC(C)C)c(N(Cc2ccccc2)Cc2ccccc2)c1. The highest BCUT2D eigenvalue weighted by atomic mass is 16.5. The maximum absolute atomic E-state index is 6.12. The first-order valence-electron chi connectivity index (χ1n) is 9.22. The van der Waals surface area contributed by atoms with Gasteiger partial charge in [0, 0.05) is 13.1 Å². The van der Waals surface area contributed by atoms with Gasteiger partial charge < -0.3 is 9.64 Å². The Morgan fingerprint density at radius 3 is 1.81 bits per heavy atom. The summed E-state index contributed by atoms with van der Waals surface area (Å²) in [5, 5.41) is 0. The van der Waals surface area contributed by atoms with Gasteiger partial charge in [-0.1, -0.05) is 66.7 Å². The number of hydrogen-bond donors (Lipinski definition) is 0. The summed E-state index contributed by atoms with van der Waals surface area (Å²) in [6.45, 7) is 7.96. The molecule has 0 saturated carbocycles. The van der Waals surface area contributed by atoms with Gasteiger partial charge in [0.2, 0.25) is 0 Å². The molecule has 134 valence electrons. The Balaban J connectivity index is 1.98. The molecule has 0 saturated heterocycles. The van der Waals surface area contributed by atoms with Gasteiger partial charge in [-0.3, -0.25) is 0 Å². The molecule has 0 fully saturated rings. The standard InChI is InChI=1S/C24H27NO/c1-19(2)26-24-15-14-20(3)16-23(24)25(17-21-10-6-4-7-11-21)18-22-12-8-5-9-13-22/h4-16,19H,17-18H2,1-3H3. The van der Waals surface area contributed by atoms with E-state index in [2.05, 4.69) is 105 Å². The van der Waals surface area contributed by atoms with Crippen LogP contribution in [0.2, 0.25) is 0 Å². The Hall–Kier alpha value is -2.74.